The number of hydrogen-bond donors (Lipinski definition) is 3. The second-order valence-corrected chi connectivity index (χ2v) is 10.4. The lowest BCUT2D eigenvalue weighted by Gasteiger charge is -2.24. The van der Waals surface area contributed by atoms with Gasteiger partial charge in [0.2, 0.25) is 23.0 Å². The largest absolute Gasteiger partial charge is 0.493 e. The molecule has 0 heterocycles. The molecule has 0 saturated heterocycles. The summed E-state index contributed by atoms with van der Waals surface area (Å²) in [6, 6.07) is 6.33. The lowest BCUT2D eigenvalue weighted by Crippen LogP contribution is -2.45. The third kappa shape index (κ3) is 5.97. The molecule has 2 aliphatic rings. The number of aryl methyl sites for hydroxylation is 1. The summed E-state index contributed by atoms with van der Waals surface area (Å²) >= 11 is 0. The Balaban J connectivity index is 1.89. The molecule has 1 saturated carbocycles. The Morgan fingerprint density at radius 1 is 1.00 bits per heavy atom. The summed E-state index contributed by atoms with van der Waals surface area (Å²) in [6.07, 6.45) is 3.93. The second-order valence-electron chi connectivity index (χ2n) is 10.4. The molecule has 0 radical (unpaired) electrons. The molecule has 210 valence electrons. The van der Waals surface area contributed by atoms with Crippen molar-refractivity contribution in [2.24, 2.45) is 5.92 Å². The molecule has 4 rings (SSSR count). The van der Waals surface area contributed by atoms with Gasteiger partial charge >= 0.3 is 0 Å². The summed E-state index contributed by atoms with van der Waals surface area (Å²) in [4.78, 5) is 38.9. The van der Waals surface area contributed by atoms with E-state index >= 15 is 0 Å². The van der Waals surface area contributed by atoms with Crippen molar-refractivity contribution < 1.29 is 23.8 Å². The third-order valence-corrected chi connectivity index (χ3v) is 7.65. The van der Waals surface area contributed by atoms with Gasteiger partial charge in [-0.2, -0.15) is 0 Å². The highest BCUT2D eigenvalue weighted by atomic mass is 16.5. The van der Waals surface area contributed by atoms with Gasteiger partial charge in [-0.05, 0) is 66.5 Å². The van der Waals surface area contributed by atoms with Crippen molar-refractivity contribution in [1.29, 1.82) is 0 Å². The fraction of sp³-hybridized carbons (Fsp3) is 0.500. The average Bonchev–Trinajstić information content (AvgIpc) is 3.76. The number of nitrogens with one attached hydrogen (secondary N) is 3. The van der Waals surface area contributed by atoms with E-state index in [-0.39, 0.29) is 29.2 Å². The zero-order valence-electron chi connectivity index (χ0n) is 23.6. The van der Waals surface area contributed by atoms with Gasteiger partial charge in [0, 0.05) is 18.5 Å². The number of anilines is 1. The summed E-state index contributed by atoms with van der Waals surface area (Å²) in [5, 5.41) is 9.34. The van der Waals surface area contributed by atoms with E-state index in [1.165, 1.54) is 6.92 Å². The number of ether oxygens (including phenoxy) is 3. The van der Waals surface area contributed by atoms with Gasteiger partial charge in [0.05, 0.1) is 33.1 Å². The first kappa shape index (κ1) is 28.3. The van der Waals surface area contributed by atoms with E-state index in [4.69, 9.17) is 14.2 Å². The van der Waals surface area contributed by atoms with Crippen LogP contribution in [-0.2, 0) is 16.0 Å². The molecule has 0 aromatic heterocycles. The molecule has 2 amide bonds. The molecule has 3 atom stereocenters. The number of amides is 2. The van der Waals surface area contributed by atoms with Gasteiger partial charge in [-0.25, -0.2) is 0 Å². The van der Waals surface area contributed by atoms with Crippen molar-refractivity contribution in [3.05, 3.63) is 45.6 Å². The van der Waals surface area contributed by atoms with Crippen LogP contribution >= 0.6 is 0 Å². The molecule has 0 bridgehead atoms. The number of carbonyl (C=O) groups is 2. The van der Waals surface area contributed by atoms with Gasteiger partial charge in [-0.15, -0.1) is 0 Å². The minimum atomic E-state index is -0.553. The Labute approximate surface area is 229 Å². The molecule has 1 fully saturated rings. The third-order valence-electron chi connectivity index (χ3n) is 7.65. The van der Waals surface area contributed by atoms with Crippen molar-refractivity contribution in [2.45, 2.75) is 71.0 Å². The van der Waals surface area contributed by atoms with E-state index in [1.54, 1.807) is 33.5 Å². The highest BCUT2D eigenvalue weighted by Gasteiger charge is 2.32. The average molecular weight is 538 g/mol. The number of carbonyl (C=O) groups excluding carboxylic acids is 2. The van der Waals surface area contributed by atoms with Gasteiger partial charge in [0.25, 0.3) is 0 Å². The van der Waals surface area contributed by atoms with Crippen LogP contribution in [0.5, 0.6) is 17.2 Å². The summed E-state index contributed by atoms with van der Waals surface area (Å²) in [5.41, 5.74) is 3.21. The van der Waals surface area contributed by atoms with Crippen molar-refractivity contribution >= 4 is 17.5 Å². The topological polar surface area (TPSA) is 115 Å². The Morgan fingerprint density at radius 2 is 1.72 bits per heavy atom. The molecule has 2 aromatic rings. The SMILES string of the molecule is CC[C@H](C)[C@H](Nc1ccc2c(cc1=O)[C@H](NC(C)=O)CCc1cc(OC)c(OC)c(OC)c1-2)C(=O)NC1CC1. The van der Waals surface area contributed by atoms with E-state index in [1.807, 2.05) is 26.0 Å². The van der Waals surface area contributed by atoms with Crippen molar-refractivity contribution in [2.75, 3.05) is 26.6 Å². The molecular formula is C30H39N3O6. The van der Waals surface area contributed by atoms with Crippen LogP contribution in [0.25, 0.3) is 11.1 Å². The quantitative estimate of drug-likeness (QED) is 0.420. The molecule has 2 aliphatic carbocycles. The predicted octanol–water partition coefficient (Wildman–Crippen LogP) is 3.97. The minimum Gasteiger partial charge on any atom is -0.493 e. The molecule has 0 unspecified atom stereocenters. The van der Waals surface area contributed by atoms with Gasteiger partial charge in [0.15, 0.2) is 11.5 Å². The molecule has 2 aromatic carbocycles. The fourth-order valence-corrected chi connectivity index (χ4v) is 5.22. The number of hydrogen-bond acceptors (Lipinski definition) is 7. The Hall–Kier alpha value is -3.75. The van der Waals surface area contributed by atoms with Crippen LogP contribution in [-0.4, -0.2) is 45.2 Å². The van der Waals surface area contributed by atoms with Crippen LogP contribution in [0, 0.1) is 5.92 Å². The smallest absolute Gasteiger partial charge is 0.242 e. The van der Waals surface area contributed by atoms with Crippen LogP contribution < -0.4 is 35.6 Å². The number of benzene rings is 1. The first-order chi connectivity index (χ1) is 18.7. The van der Waals surface area contributed by atoms with Gasteiger partial charge < -0.3 is 30.2 Å². The highest BCUT2D eigenvalue weighted by Crippen LogP contribution is 2.50. The number of fused-ring (bicyclic) bond motifs is 3. The molecule has 9 heteroatoms. The zero-order chi connectivity index (χ0) is 28.3. The first-order valence-corrected chi connectivity index (χ1v) is 13.6. The minimum absolute atomic E-state index is 0.0103. The first-order valence-electron chi connectivity index (χ1n) is 13.6. The maximum atomic E-state index is 13.6. The van der Waals surface area contributed by atoms with E-state index < -0.39 is 12.1 Å². The molecule has 0 spiro atoms. The van der Waals surface area contributed by atoms with Gasteiger partial charge in [-0.3, -0.25) is 14.4 Å². The monoisotopic (exact) mass is 537 g/mol. The Bertz CT molecular complexity index is 1310. The molecule has 0 aliphatic heterocycles. The van der Waals surface area contributed by atoms with Gasteiger partial charge in [-0.1, -0.05) is 26.3 Å². The molecule has 3 N–H and O–H groups in total. The Morgan fingerprint density at radius 3 is 2.31 bits per heavy atom. The highest BCUT2D eigenvalue weighted by molar-refractivity contribution is 5.86. The lowest BCUT2D eigenvalue weighted by atomic mass is 9.95. The van der Waals surface area contributed by atoms with E-state index in [0.29, 0.717) is 41.3 Å². The van der Waals surface area contributed by atoms with Crippen LogP contribution in [0.2, 0.25) is 0 Å². The predicted molar refractivity (Wildman–Crippen MR) is 151 cm³/mol. The van der Waals surface area contributed by atoms with Crippen molar-refractivity contribution in [3.63, 3.8) is 0 Å². The van der Waals surface area contributed by atoms with Crippen LogP contribution in [0.1, 0.15) is 63.6 Å². The summed E-state index contributed by atoms with van der Waals surface area (Å²) < 4.78 is 17.1. The summed E-state index contributed by atoms with van der Waals surface area (Å²) in [5.74, 6) is 1.20. The molecular weight excluding hydrogens is 498 g/mol. The zero-order valence-corrected chi connectivity index (χ0v) is 23.6. The standard InChI is InChI=1S/C30H39N3O6/c1-7-16(2)27(30(36)32-19-9-10-19)33-23-13-11-20-21(15-24(23)35)22(31-17(3)34)12-8-18-14-25(37-4)28(38-5)29(39-6)26(18)20/h11,13-16,19,22,27H,7-10,12H2,1-6H3,(H,31,34)(H,32,36)(H,33,35)/t16-,22+,27-/m0/s1. The van der Waals surface area contributed by atoms with Crippen LogP contribution in [0.4, 0.5) is 5.69 Å². The molecule has 39 heavy (non-hydrogen) atoms. The molecule has 9 nitrogen and oxygen atoms in total. The van der Waals surface area contributed by atoms with Crippen molar-refractivity contribution in [3.8, 4) is 28.4 Å². The number of methoxy groups -OCH3 is 3. The van der Waals surface area contributed by atoms with Crippen molar-refractivity contribution in [1.82, 2.24) is 10.6 Å². The van der Waals surface area contributed by atoms with Crippen LogP contribution in [0.3, 0.4) is 0 Å². The van der Waals surface area contributed by atoms with Crippen LogP contribution in [0.15, 0.2) is 29.1 Å². The maximum absolute atomic E-state index is 13.6. The van der Waals surface area contributed by atoms with Gasteiger partial charge in [0.1, 0.15) is 6.04 Å². The maximum Gasteiger partial charge on any atom is 0.242 e. The summed E-state index contributed by atoms with van der Waals surface area (Å²) in [6.45, 7) is 5.49. The lowest BCUT2D eigenvalue weighted by molar-refractivity contribution is -0.123. The van der Waals surface area contributed by atoms with E-state index in [2.05, 4.69) is 16.0 Å². The van der Waals surface area contributed by atoms with E-state index in [9.17, 15) is 14.4 Å². The normalized spacial score (nSPS) is 17.4. The second kappa shape index (κ2) is 12.0. The fourth-order valence-electron chi connectivity index (χ4n) is 5.22. The Kier molecular flexibility index (Phi) is 8.67. The number of rotatable bonds is 10. The summed E-state index contributed by atoms with van der Waals surface area (Å²) in [7, 11) is 4.69. The van der Waals surface area contributed by atoms with E-state index in [0.717, 1.165) is 36.0 Å².